The van der Waals surface area contributed by atoms with Gasteiger partial charge in [0, 0.05) is 19.7 Å². The third-order valence-corrected chi connectivity index (χ3v) is 5.10. The summed E-state index contributed by atoms with van der Waals surface area (Å²) in [6, 6.07) is 10.4. The quantitative estimate of drug-likeness (QED) is 0.847. The Bertz CT molecular complexity index is 860. The number of nitrogens with zero attached hydrogens (tertiary/aromatic N) is 1. The SMILES string of the molecule is Cc1c(C(=O)N(C)C)cccc1-c1ccc(S(=O)(=O)C(F)F)cc1. The van der Waals surface area contributed by atoms with Crippen LogP contribution in [0.25, 0.3) is 11.1 Å². The lowest BCUT2D eigenvalue weighted by Crippen LogP contribution is -2.22. The lowest BCUT2D eigenvalue weighted by molar-refractivity contribution is 0.0827. The monoisotopic (exact) mass is 353 g/mol. The van der Waals surface area contributed by atoms with E-state index < -0.39 is 20.5 Å². The molecule has 0 aliphatic rings. The first kappa shape index (κ1) is 18.1. The highest BCUT2D eigenvalue weighted by Crippen LogP contribution is 2.28. The van der Waals surface area contributed by atoms with Gasteiger partial charge in [-0.15, -0.1) is 0 Å². The molecule has 0 fully saturated rings. The molecule has 7 heteroatoms. The van der Waals surface area contributed by atoms with Crippen LogP contribution in [0.4, 0.5) is 8.78 Å². The molecule has 0 atom stereocenters. The number of sulfone groups is 1. The summed E-state index contributed by atoms with van der Waals surface area (Å²) in [5, 5.41) is 0. The van der Waals surface area contributed by atoms with E-state index in [0.717, 1.165) is 23.3 Å². The molecule has 0 saturated heterocycles. The summed E-state index contributed by atoms with van der Waals surface area (Å²) in [7, 11) is -1.31. The van der Waals surface area contributed by atoms with Gasteiger partial charge in [-0.2, -0.15) is 8.78 Å². The van der Waals surface area contributed by atoms with Crippen molar-refractivity contribution in [3.8, 4) is 11.1 Å². The van der Waals surface area contributed by atoms with Crippen molar-refractivity contribution < 1.29 is 22.0 Å². The average molecular weight is 353 g/mol. The topological polar surface area (TPSA) is 54.5 Å². The maximum absolute atomic E-state index is 12.6. The van der Waals surface area contributed by atoms with Crippen molar-refractivity contribution >= 4 is 15.7 Å². The minimum absolute atomic E-state index is 0.147. The number of benzene rings is 2. The second kappa shape index (κ2) is 6.68. The summed E-state index contributed by atoms with van der Waals surface area (Å²) in [6.45, 7) is 1.79. The zero-order valence-electron chi connectivity index (χ0n) is 13.5. The van der Waals surface area contributed by atoms with Crippen LogP contribution in [-0.4, -0.2) is 39.1 Å². The largest absolute Gasteiger partial charge is 0.345 e. The molecule has 0 aliphatic carbocycles. The lowest BCUT2D eigenvalue weighted by atomic mass is 9.96. The van der Waals surface area contributed by atoms with E-state index in [-0.39, 0.29) is 5.91 Å². The fourth-order valence-electron chi connectivity index (χ4n) is 2.35. The third-order valence-electron chi connectivity index (χ3n) is 3.70. The summed E-state index contributed by atoms with van der Waals surface area (Å²) in [5.74, 6) is -3.60. The second-order valence-electron chi connectivity index (χ2n) is 5.51. The first-order valence-electron chi connectivity index (χ1n) is 7.10. The Kier molecular flexibility index (Phi) is 5.03. The van der Waals surface area contributed by atoms with Crippen LogP contribution < -0.4 is 0 Å². The van der Waals surface area contributed by atoms with Crippen molar-refractivity contribution in [2.45, 2.75) is 17.6 Å². The van der Waals surface area contributed by atoms with Crippen LogP contribution in [0.3, 0.4) is 0 Å². The Hall–Kier alpha value is -2.28. The molecule has 2 rings (SSSR count). The Morgan fingerprint density at radius 2 is 1.62 bits per heavy atom. The van der Waals surface area contributed by atoms with Gasteiger partial charge in [-0.1, -0.05) is 24.3 Å². The van der Waals surface area contributed by atoms with Crippen molar-refractivity contribution in [1.82, 2.24) is 4.90 Å². The summed E-state index contributed by atoms with van der Waals surface area (Å²) in [5.41, 5.74) is 2.65. The average Bonchev–Trinajstić information content (AvgIpc) is 2.54. The van der Waals surface area contributed by atoms with Crippen LogP contribution >= 0.6 is 0 Å². The molecule has 2 aromatic carbocycles. The number of hydrogen-bond acceptors (Lipinski definition) is 3. The maximum atomic E-state index is 12.6. The highest BCUT2D eigenvalue weighted by atomic mass is 32.2. The zero-order chi connectivity index (χ0) is 18.1. The number of alkyl halides is 2. The van der Waals surface area contributed by atoms with E-state index in [4.69, 9.17) is 0 Å². The highest BCUT2D eigenvalue weighted by Gasteiger charge is 2.26. The standard InChI is InChI=1S/C17H17F2NO3S/c1-11-14(5-4-6-15(11)16(21)20(2)3)12-7-9-13(10-8-12)24(22,23)17(18)19/h4-10,17H,1-3H3. The van der Waals surface area contributed by atoms with Crippen LogP contribution in [0.5, 0.6) is 0 Å². The molecule has 2 aromatic rings. The van der Waals surface area contributed by atoms with Crippen LogP contribution in [0.2, 0.25) is 0 Å². The van der Waals surface area contributed by atoms with Gasteiger partial charge in [0.1, 0.15) is 0 Å². The Morgan fingerprint density at radius 3 is 2.12 bits per heavy atom. The van der Waals surface area contributed by atoms with Crippen LogP contribution in [0.1, 0.15) is 15.9 Å². The number of halogens is 2. The Balaban J connectivity index is 2.47. The number of rotatable bonds is 4. The lowest BCUT2D eigenvalue weighted by Gasteiger charge is -2.15. The molecule has 128 valence electrons. The zero-order valence-corrected chi connectivity index (χ0v) is 14.3. The van der Waals surface area contributed by atoms with Gasteiger partial charge < -0.3 is 4.90 Å². The highest BCUT2D eigenvalue weighted by molar-refractivity contribution is 7.91. The molecule has 0 radical (unpaired) electrons. The minimum atomic E-state index is -4.61. The van der Waals surface area contributed by atoms with Crippen LogP contribution in [0, 0.1) is 6.92 Å². The van der Waals surface area contributed by atoms with E-state index >= 15 is 0 Å². The van der Waals surface area contributed by atoms with E-state index in [0.29, 0.717) is 11.1 Å². The first-order valence-corrected chi connectivity index (χ1v) is 8.64. The van der Waals surface area contributed by atoms with E-state index in [1.54, 1.807) is 39.2 Å². The molecular formula is C17H17F2NO3S. The normalized spacial score (nSPS) is 11.6. The van der Waals surface area contributed by atoms with E-state index in [2.05, 4.69) is 0 Å². The van der Waals surface area contributed by atoms with Gasteiger partial charge >= 0.3 is 5.76 Å². The molecule has 0 aromatic heterocycles. The molecule has 0 aliphatic heterocycles. The van der Waals surface area contributed by atoms with Gasteiger partial charge in [0.15, 0.2) is 0 Å². The predicted molar refractivity (Wildman–Crippen MR) is 87.8 cm³/mol. The number of carbonyl (C=O) groups is 1. The summed E-state index contributed by atoms with van der Waals surface area (Å²) < 4.78 is 48.1. The van der Waals surface area contributed by atoms with Gasteiger partial charge in [-0.05, 0) is 41.8 Å². The van der Waals surface area contributed by atoms with Crippen molar-refractivity contribution in [1.29, 1.82) is 0 Å². The first-order chi connectivity index (χ1) is 11.2. The van der Waals surface area contributed by atoms with Crippen molar-refractivity contribution in [3.05, 3.63) is 53.6 Å². The van der Waals surface area contributed by atoms with E-state index in [1.807, 2.05) is 0 Å². The molecule has 4 nitrogen and oxygen atoms in total. The Labute approximate surface area is 139 Å². The van der Waals surface area contributed by atoms with Crippen LogP contribution in [-0.2, 0) is 9.84 Å². The van der Waals surface area contributed by atoms with Gasteiger partial charge in [0.2, 0.25) is 9.84 Å². The Morgan fingerprint density at radius 1 is 1.04 bits per heavy atom. The predicted octanol–water partition coefficient (Wildman–Crippen LogP) is 3.36. The van der Waals surface area contributed by atoms with Crippen molar-refractivity contribution in [2.75, 3.05) is 14.1 Å². The summed E-state index contributed by atoms with van der Waals surface area (Å²) >= 11 is 0. The van der Waals surface area contributed by atoms with Gasteiger partial charge in [-0.3, -0.25) is 4.79 Å². The summed E-state index contributed by atoms with van der Waals surface area (Å²) in [4.78, 5) is 13.2. The van der Waals surface area contributed by atoms with Crippen molar-refractivity contribution in [2.24, 2.45) is 0 Å². The molecular weight excluding hydrogens is 336 g/mol. The molecule has 0 heterocycles. The third kappa shape index (κ3) is 3.31. The number of carbonyl (C=O) groups excluding carboxylic acids is 1. The molecule has 0 saturated carbocycles. The molecule has 24 heavy (non-hydrogen) atoms. The van der Waals surface area contributed by atoms with E-state index in [1.165, 1.54) is 17.0 Å². The fraction of sp³-hybridized carbons (Fsp3) is 0.235. The molecule has 0 N–H and O–H groups in total. The maximum Gasteiger partial charge on any atom is 0.341 e. The molecule has 0 bridgehead atoms. The minimum Gasteiger partial charge on any atom is -0.345 e. The fourth-order valence-corrected chi connectivity index (χ4v) is 3.07. The van der Waals surface area contributed by atoms with Crippen LogP contribution in [0.15, 0.2) is 47.4 Å². The van der Waals surface area contributed by atoms with Gasteiger partial charge in [0.25, 0.3) is 5.91 Å². The molecule has 0 spiro atoms. The molecule has 0 unspecified atom stereocenters. The van der Waals surface area contributed by atoms with Gasteiger partial charge in [-0.25, -0.2) is 8.42 Å². The summed E-state index contributed by atoms with van der Waals surface area (Å²) in [6.07, 6.45) is 0. The number of amides is 1. The second-order valence-corrected chi connectivity index (χ2v) is 7.43. The smallest absolute Gasteiger partial charge is 0.341 e. The van der Waals surface area contributed by atoms with Gasteiger partial charge in [0.05, 0.1) is 4.90 Å². The van der Waals surface area contributed by atoms with E-state index in [9.17, 15) is 22.0 Å². The van der Waals surface area contributed by atoms with Crippen molar-refractivity contribution in [3.63, 3.8) is 0 Å². The molecule has 1 amide bonds. The number of hydrogen-bond donors (Lipinski definition) is 0.